The van der Waals surface area contributed by atoms with Crippen LogP contribution in [0.1, 0.15) is 79.2 Å². The summed E-state index contributed by atoms with van der Waals surface area (Å²) in [7, 11) is 3.21. The Balaban J connectivity index is 1.27. The normalized spacial score (nSPS) is 13.9. The van der Waals surface area contributed by atoms with Gasteiger partial charge in [0.2, 0.25) is 5.91 Å². The average Bonchev–Trinajstić information content (AvgIpc) is 3.41. The smallest absolute Gasteiger partial charge is 0.272 e. The highest BCUT2D eigenvalue weighted by atomic mass is 16.5. The fraction of sp³-hybridized carbons (Fsp3) is 0.452. The number of aryl methyl sites for hydroxylation is 2. The molecule has 2 amide bonds. The predicted octanol–water partition coefficient (Wildman–Crippen LogP) is 5.63. The number of hydrogen-bond acceptors (Lipinski definition) is 5. The highest BCUT2D eigenvalue weighted by molar-refractivity contribution is 5.93. The first-order chi connectivity index (χ1) is 18.8. The Morgan fingerprint density at radius 3 is 2.31 bits per heavy atom. The summed E-state index contributed by atoms with van der Waals surface area (Å²) in [4.78, 5) is 27.7. The Morgan fingerprint density at radius 2 is 1.69 bits per heavy atom. The number of benzene rings is 2. The van der Waals surface area contributed by atoms with Gasteiger partial charge in [-0.3, -0.25) is 14.3 Å². The molecule has 1 saturated heterocycles. The van der Waals surface area contributed by atoms with Gasteiger partial charge in [-0.05, 0) is 79.5 Å². The van der Waals surface area contributed by atoms with E-state index >= 15 is 0 Å². The van der Waals surface area contributed by atoms with Gasteiger partial charge in [0.25, 0.3) is 5.91 Å². The Morgan fingerprint density at radius 1 is 1.00 bits per heavy atom. The van der Waals surface area contributed by atoms with E-state index in [9.17, 15) is 9.59 Å². The molecular weight excluding hydrogens is 492 g/mol. The van der Waals surface area contributed by atoms with Crippen molar-refractivity contribution in [2.24, 2.45) is 0 Å². The van der Waals surface area contributed by atoms with Crippen LogP contribution in [0.2, 0.25) is 0 Å². The lowest BCUT2D eigenvalue weighted by molar-refractivity contribution is -0.116. The number of carbonyl (C=O) groups excluding carboxylic acids is 2. The Bertz CT molecular complexity index is 1270. The van der Waals surface area contributed by atoms with E-state index in [2.05, 4.69) is 36.4 Å². The number of rotatable bonds is 10. The first-order valence-corrected chi connectivity index (χ1v) is 13.8. The molecular formula is C31H40N4O4. The molecule has 8 nitrogen and oxygen atoms in total. The quantitative estimate of drug-likeness (QED) is 0.366. The van der Waals surface area contributed by atoms with Gasteiger partial charge in [-0.1, -0.05) is 32.0 Å². The van der Waals surface area contributed by atoms with Crippen molar-refractivity contribution >= 4 is 17.5 Å². The number of aromatic nitrogens is 2. The molecule has 2 heterocycles. The van der Waals surface area contributed by atoms with Gasteiger partial charge in [-0.25, -0.2) is 0 Å². The number of ether oxygens (including phenoxy) is 2. The maximum absolute atomic E-state index is 13.2. The first-order valence-electron chi connectivity index (χ1n) is 13.8. The molecule has 0 radical (unpaired) electrons. The Labute approximate surface area is 231 Å². The van der Waals surface area contributed by atoms with E-state index in [-0.39, 0.29) is 11.8 Å². The van der Waals surface area contributed by atoms with Crippen LogP contribution in [0.25, 0.3) is 0 Å². The van der Waals surface area contributed by atoms with Gasteiger partial charge in [0.15, 0.2) is 11.5 Å². The van der Waals surface area contributed by atoms with Gasteiger partial charge in [-0.2, -0.15) is 5.10 Å². The molecule has 1 N–H and O–H groups in total. The third-order valence-corrected chi connectivity index (χ3v) is 7.45. The van der Waals surface area contributed by atoms with E-state index < -0.39 is 0 Å². The first kappa shape index (κ1) is 28.2. The second kappa shape index (κ2) is 12.8. The number of likely N-dealkylation sites (tertiary alicyclic amines) is 1. The predicted molar refractivity (Wildman–Crippen MR) is 153 cm³/mol. The molecule has 8 heteroatoms. The lowest BCUT2D eigenvalue weighted by atomic mass is 9.89. The van der Waals surface area contributed by atoms with Crippen LogP contribution in [-0.2, 0) is 17.8 Å². The maximum atomic E-state index is 13.2. The minimum absolute atomic E-state index is 0.0312. The third-order valence-electron chi connectivity index (χ3n) is 7.45. The van der Waals surface area contributed by atoms with E-state index in [1.165, 1.54) is 5.56 Å². The molecule has 3 aromatic rings. The van der Waals surface area contributed by atoms with Crippen molar-refractivity contribution in [3.63, 3.8) is 0 Å². The zero-order valence-corrected chi connectivity index (χ0v) is 23.7. The molecule has 39 heavy (non-hydrogen) atoms. The van der Waals surface area contributed by atoms with Gasteiger partial charge >= 0.3 is 0 Å². The van der Waals surface area contributed by atoms with Gasteiger partial charge in [-0.15, -0.1) is 0 Å². The molecule has 0 unspecified atom stereocenters. The van der Waals surface area contributed by atoms with E-state index in [1.807, 2.05) is 52.9 Å². The number of nitrogens with one attached hydrogen (secondary N) is 1. The topological polar surface area (TPSA) is 85.7 Å². The molecule has 4 rings (SSSR count). The van der Waals surface area contributed by atoms with Crippen molar-refractivity contribution < 1.29 is 19.1 Å². The van der Waals surface area contributed by atoms with Crippen LogP contribution < -0.4 is 14.8 Å². The lowest BCUT2D eigenvalue weighted by Gasteiger charge is -2.32. The van der Waals surface area contributed by atoms with Crippen LogP contribution >= 0.6 is 0 Å². The largest absolute Gasteiger partial charge is 0.493 e. The van der Waals surface area contributed by atoms with E-state index in [4.69, 9.17) is 9.47 Å². The number of piperidine rings is 1. The van der Waals surface area contributed by atoms with Crippen molar-refractivity contribution in [2.75, 3.05) is 32.6 Å². The molecule has 1 aliphatic rings. The van der Waals surface area contributed by atoms with Crippen LogP contribution in [0.4, 0.5) is 5.69 Å². The van der Waals surface area contributed by atoms with Crippen molar-refractivity contribution in [3.05, 3.63) is 71.0 Å². The van der Waals surface area contributed by atoms with Crippen molar-refractivity contribution in [1.29, 1.82) is 0 Å². The van der Waals surface area contributed by atoms with Crippen molar-refractivity contribution in [2.45, 2.75) is 64.8 Å². The minimum Gasteiger partial charge on any atom is -0.493 e. The van der Waals surface area contributed by atoms with Crippen LogP contribution in [0, 0.1) is 0 Å². The second-order valence-corrected chi connectivity index (χ2v) is 10.4. The number of carbonyl (C=O) groups is 2. The van der Waals surface area contributed by atoms with Gasteiger partial charge in [0.1, 0.15) is 5.69 Å². The molecule has 1 fully saturated rings. The summed E-state index contributed by atoms with van der Waals surface area (Å²) in [6.45, 7) is 8.35. The molecule has 2 aromatic carbocycles. The minimum atomic E-state index is -0.0312. The second-order valence-electron chi connectivity index (χ2n) is 10.4. The molecule has 0 saturated carbocycles. The highest BCUT2D eigenvalue weighted by Crippen LogP contribution is 2.30. The zero-order chi connectivity index (χ0) is 27.9. The number of amides is 2. The third kappa shape index (κ3) is 6.80. The molecule has 1 aromatic heterocycles. The zero-order valence-electron chi connectivity index (χ0n) is 23.7. The van der Waals surface area contributed by atoms with Gasteiger partial charge in [0.05, 0.1) is 19.9 Å². The summed E-state index contributed by atoms with van der Waals surface area (Å²) in [5, 5.41) is 7.60. The number of methoxy groups -OCH3 is 2. The number of nitrogens with zero attached hydrogens (tertiary/aromatic N) is 3. The summed E-state index contributed by atoms with van der Waals surface area (Å²) in [5.74, 6) is 2.06. The van der Waals surface area contributed by atoms with E-state index in [0.717, 1.165) is 42.9 Å². The summed E-state index contributed by atoms with van der Waals surface area (Å²) in [5.41, 5.74) is 4.69. The van der Waals surface area contributed by atoms with Crippen LogP contribution in [0.3, 0.4) is 0 Å². The molecule has 1 aliphatic heterocycles. The van der Waals surface area contributed by atoms with E-state index in [0.29, 0.717) is 48.4 Å². The molecule has 0 spiro atoms. The van der Waals surface area contributed by atoms with Crippen molar-refractivity contribution in [1.82, 2.24) is 14.7 Å². The van der Waals surface area contributed by atoms with Crippen LogP contribution in [-0.4, -0.2) is 53.8 Å². The van der Waals surface area contributed by atoms with Crippen LogP contribution in [0.15, 0.2) is 48.5 Å². The Kier molecular flexibility index (Phi) is 9.28. The molecule has 0 aliphatic carbocycles. The fourth-order valence-electron chi connectivity index (χ4n) is 5.07. The summed E-state index contributed by atoms with van der Waals surface area (Å²) in [6.07, 6.45) is 2.82. The highest BCUT2D eigenvalue weighted by Gasteiger charge is 2.27. The molecule has 0 bridgehead atoms. The summed E-state index contributed by atoms with van der Waals surface area (Å²) < 4.78 is 12.4. The summed E-state index contributed by atoms with van der Waals surface area (Å²) in [6, 6.07) is 15.8. The summed E-state index contributed by atoms with van der Waals surface area (Å²) >= 11 is 0. The standard InChI is InChI=1S/C31H40N4O4/c1-6-35-27(20-26(33-35)21(2)3)31(37)34-17-15-24(16-18-34)23-9-11-25(12-10-23)32-30(36)14-8-22-7-13-28(38-4)29(19-22)39-5/h7,9-13,19-21,24H,6,8,14-18H2,1-5H3,(H,32,36). The maximum Gasteiger partial charge on any atom is 0.272 e. The van der Waals surface area contributed by atoms with Gasteiger partial charge in [0, 0.05) is 31.7 Å². The average molecular weight is 533 g/mol. The fourth-order valence-corrected chi connectivity index (χ4v) is 5.07. The Hall–Kier alpha value is -3.81. The molecule has 208 valence electrons. The van der Waals surface area contributed by atoms with Crippen molar-refractivity contribution in [3.8, 4) is 11.5 Å². The SMILES string of the molecule is CCn1nc(C(C)C)cc1C(=O)N1CCC(c2ccc(NC(=O)CCc3ccc(OC)c(OC)c3)cc2)CC1. The lowest BCUT2D eigenvalue weighted by Crippen LogP contribution is -2.38. The number of anilines is 1. The molecule has 0 atom stereocenters. The van der Waals surface area contributed by atoms with Gasteiger partial charge < -0.3 is 19.7 Å². The number of hydrogen-bond donors (Lipinski definition) is 1. The monoisotopic (exact) mass is 532 g/mol. The van der Waals surface area contributed by atoms with E-state index in [1.54, 1.807) is 14.2 Å². The van der Waals surface area contributed by atoms with Crippen LogP contribution in [0.5, 0.6) is 11.5 Å².